The predicted octanol–water partition coefficient (Wildman–Crippen LogP) is 10.0. The van der Waals surface area contributed by atoms with Gasteiger partial charge < -0.3 is 0 Å². The molecule has 1 heterocycles. The lowest BCUT2D eigenvalue weighted by atomic mass is 9.93. The number of aryl methyl sites for hydroxylation is 3. The van der Waals surface area contributed by atoms with E-state index < -0.39 is 0 Å². The maximum absolute atomic E-state index is 5.44. The summed E-state index contributed by atoms with van der Waals surface area (Å²) in [6, 6.07) is 17.9. The van der Waals surface area contributed by atoms with E-state index in [9.17, 15) is 0 Å². The predicted molar refractivity (Wildman–Crippen MR) is 165 cm³/mol. The van der Waals surface area contributed by atoms with Gasteiger partial charge in [-0.3, -0.25) is 9.98 Å². The van der Waals surface area contributed by atoms with Crippen LogP contribution in [0.15, 0.2) is 58.5 Å². The van der Waals surface area contributed by atoms with Gasteiger partial charge in [0.15, 0.2) is 0 Å². The largest absolute Gasteiger partial charge is 0.251 e. The number of rotatable bonds is 5. The van der Waals surface area contributed by atoms with Gasteiger partial charge in [0.2, 0.25) is 0 Å². The van der Waals surface area contributed by atoms with E-state index in [0.29, 0.717) is 11.8 Å². The van der Waals surface area contributed by atoms with Crippen LogP contribution in [0.2, 0.25) is 0 Å². The third-order valence-corrected chi connectivity index (χ3v) is 9.39. The topological polar surface area (TPSA) is 37.6 Å². The molecule has 2 aromatic carbocycles. The van der Waals surface area contributed by atoms with E-state index in [-0.39, 0.29) is 0 Å². The molecule has 3 nitrogen and oxygen atoms in total. The lowest BCUT2D eigenvalue weighted by Crippen LogP contribution is -2.10. The molecule has 202 valence electrons. The average Bonchev–Trinajstić information content (AvgIpc) is 3.64. The Kier molecular flexibility index (Phi) is 7.77. The smallest absolute Gasteiger partial charge is 0.0884 e. The van der Waals surface area contributed by atoms with Crippen LogP contribution >= 0.6 is 0 Å². The van der Waals surface area contributed by atoms with E-state index in [4.69, 9.17) is 15.0 Å². The fourth-order valence-electron chi connectivity index (χ4n) is 7.14. The number of aromatic nitrogens is 1. The molecule has 1 aromatic heterocycles. The van der Waals surface area contributed by atoms with Gasteiger partial charge in [-0.25, -0.2) is 4.98 Å². The highest BCUT2D eigenvalue weighted by atomic mass is 14.9. The quantitative estimate of drug-likeness (QED) is 0.245. The molecule has 0 radical (unpaired) electrons. The van der Waals surface area contributed by atoms with Gasteiger partial charge in [-0.2, -0.15) is 0 Å². The van der Waals surface area contributed by atoms with Gasteiger partial charge >= 0.3 is 0 Å². The Labute approximate surface area is 234 Å². The molecular weight excluding hydrogens is 474 g/mol. The van der Waals surface area contributed by atoms with Crippen molar-refractivity contribution in [1.29, 1.82) is 0 Å². The highest BCUT2D eigenvalue weighted by molar-refractivity contribution is 6.04. The maximum Gasteiger partial charge on any atom is 0.0884 e. The molecule has 0 aliphatic heterocycles. The van der Waals surface area contributed by atoms with Crippen LogP contribution in [0.3, 0.4) is 0 Å². The van der Waals surface area contributed by atoms with Gasteiger partial charge in [0.1, 0.15) is 0 Å². The highest BCUT2D eigenvalue weighted by Crippen LogP contribution is 2.42. The molecule has 3 aliphatic rings. The molecule has 2 saturated carbocycles. The normalized spacial score (nSPS) is 20.0. The Morgan fingerprint density at radius 2 is 1.28 bits per heavy atom. The zero-order valence-electron chi connectivity index (χ0n) is 24.1. The summed E-state index contributed by atoms with van der Waals surface area (Å²) < 4.78 is 0. The molecular formula is C36H43N3. The summed E-state index contributed by atoms with van der Waals surface area (Å²) >= 11 is 0. The minimum absolute atomic E-state index is 0.637. The molecule has 0 atom stereocenters. The Morgan fingerprint density at radius 1 is 0.692 bits per heavy atom. The van der Waals surface area contributed by atoms with Crippen molar-refractivity contribution in [3.05, 3.63) is 87.7 Å². The average molecular weight is 518 g/mol. The Balaban J connectivity index is 1.40. The van der Waals surface area contributed by atoms with Crippen LogP contribution < -0.4 is 0 Å². The van der Waals surface area contributed by atoms with Crippen LogP contribution in [0.4, 0.5) is 11.4 Å². The van der Waals surface area contributed by atoms with Crippen molar-refractivity contribution in [2.24, 2.45) is 9.98 Å². The molecule has 0 saturated heterocycles. The van der Waals surface area contributed by atoms with Gasteiger partial charge in [-0.05, 0) is 118 Å². The van der Waals surface area contributed by atoms with E-state index in [2.05, 4.69) is 69.3 Å². The van der Waals surface area contributed by atoms with Gasteiger partial charge in [0.25, 0.3) is 0 Å². The van der Waals surface area contributed by atoms with Gasteiger partial charge in [0.05, 0.1) is 34.2 Å². The zero-order chi connectivity index (χ0) is 26.8. The molecule has 3 heteroatoms. The molecule has 0 bridgehead atoms. The van der Waals surface area contributed by atoms with Crippen molar-refractivity contribution >= 4 is 22.8 Å². The van der Waals surface area contributed by atoms with Gasteiger partial charge in [0, 0.05) is 0 Å². The first-order valence-electron chi connectivity index (χ1n) is 15.4. The number of nitrogens with zero attached hydrogens (tertiary/aromatic N) is 3. The summed E-state index contributed by atoms with van der Waals surface area (Å²) in [7, 11) is 0. The lowest BCUT2D eigenvalue weighted by molar-refractivity contribution is 0.723. The number of hydrogen-bond donors (Lipinski definition) is 0. The first-order valence-corrected chi connectivity index (χ1v) is 15.4. The molecule has 3 aliphatic carbocycles. The van der Waals surface area contributed by atoms with Crippen LogP contribution in [0.1, 0.15) is 129 Å². The molecule has 0 unspecified atom stereocenters. The summed E-state index contributed by atoms with van der Waals surface area (Å²) in [4.78, 5) is 16.0. The molecule has 39 heavy (non-hydrogen) atoms. The van der Waals surface area contributed by atoms with E-state index in [0.717, 1.165) is 47.8 Å². The van der Waals surface area contributed by atoms with Crippen LogP contribution in [-0.4, -0.2) is 16.4 Å². The monoisotopic (exact) mass is 517 g/mol. The number of pyridine rings is 1. The summed E-state index contributed by atoms with van der Waals surface area (Å²) in [6.45, 7) is 6.55. The number of aliphatic imine (C=N–C) groups is 2. The molecule has 2 fully saturated rings. The lowest BCUT2D eigenvalue weighted by Gasteiger charge is -2.17. The maximum atomic E-state index is 5.44. The highest BCUT2D eigenvalue weighted by Gasteiger charge is 2.24. The van der Waals surface area contributed by atoms with E-state index in [1.165, 1.54) is 91.3 Å². The van der Waals surface area contributed by atoms with Gasteiger partial charge in [-0.1, -0.05) is 68.1 Å². The summed E-state index contributed by atoms with van der Waals surface area (Å²) in [5.74, 6) is 1.28. The minimum atomic E-state index is 0.637. The van der Waals surface area contributed by atoms with Crippen molar-refractivity contribution in [3.63, 3.8) is 0 Å². The second kappa shape index (κ2) is 11.6. The summed E-state index contributed by atoms with van der Waals surface area (Å²) in [5, 5.41) is 0. The summed E-state index contributed by atoms with van der Waals surface area (Å²) in [6.07, 6.45) is 14.9. The number of fused-ring (bicyclic) bond motifs is 1. The van der Waals surface area contributed by atoms with Crippen molar-refractivity contribution in [2.75, 3.05) is 0 Å². The number of benzene rings is 2. The minimum Gasteiger partial charge on any atom is -0.251 e. The van der Waals surface area contributed by atoms with Crippen LogP contribution in [0.25, 0.3) is 0 Å². The third kappa shape index (κ3) is 5.51. The third-order valence-electron chi connectivity index (χ3n) is 9.39. The van der Waals surface area contributed by atoms with Crippen molar-refractivity contribution in [1.82, 2.24) is 4.98 Å². The Bertz CT molecular complexity index is 1400. The van der Waals surface area contributed by atoms with Crippen LogP contribution in [-0.2, 0) is 6.42 Å². The van der Waals surface area contributed by atoms with Gasteiger partial charge in [-0.15, -0.1) is 0 Å². The Morgan fingerprint density at radius 3 is 1.95 bits per heavy atom. The standard InChI is InChI=1S/C36H43N3/c1-24-12-10-19-30(27-14-4-5-15-27)34(24)37-26(3)32-23-22-29-18-8-9-21-33(36(29)38-32)39-35-25(2)13-11-20-31(35)28-16-6-7-17-28/h10-13,19-20,22-23,27-28H,4-9,14-18,21H2,1-3H3. The zero-order valence-corrected chi connectivity index (χ0v) is 24.1. The first kappa shape index (κ1) is 26.2. The van der Waals surface area contributed by atoms with E-state index in [1.807, 2.05) is 0 Å². The van der Waals surface area contributed by atoms with Crippen molar-refractivity contribution < 1.29 is 0 Å². The SMILES string of the molecule is CC(=Nc1c(C)cccc1C1CCCC1)c1ccc2c(n1)C(=Nc1c(C)cccc1C1CCCC1)CCCC2. The molecule has 0 spiro atoms. The van der Waals surface area contributed by atoms with Crippen LogP contribution in [0.5, 0.6) is 0 Å². The first-order chi connectivity index (χ1) is 19.1. The molecule has 6 rings (SSSR count). The Hall–Kier alpha value is -3.07. The molecule has 3 aromatic rings. The van der Waals surface area contributed by atoms with E-state index in [1.54, 1.807) is 0 Å². The van der Waals surface area contributed by atoms with Crippen molar-refractivity contribution in [2.45, 2.75) is 110 Å². The van der Waals surface area contributed by atoms with Crippen molar-refractivity contribution in [3.8, 4) is 0 Å². The second-order valence-corrected chi connectivity index (χ2v) is 12.2. The second-order valence-electron chi connectivity index (χ2n) is 12.2. The number of hydrogen-bond acceptors (Lipinski definition) is 3. The molecule has 0 N–H and O–H groups in total. The summed E-state index contributed by atoms with van der Waals surface area (Å²) in [5.41, 5.74) is 13.3. The van der Waals surface area contributed by atoms with Crippen LogP contribution in [0, 0.1) is 13.8 Å². The fraction of sp³-hybridized carbons (Fsp3) is 0.472. The number of para-hydroxylation sites is 2. The fourth-order valence-corrected chi connectivity index (χ4v) is 7.14. The van der Waals surface area contributed by atoms with E-state index >= 15 is 0 Å². The molecule has 0 amide bonds.